The van der Waals surface area contributed by atoms with Gasteiger partial charge in [0.1, 0.15) is 33.8 Å². The third kappa shape index (κ3) is 10.7. The summed E-state index contributed by atoms with van der Waals surface area (Å²) in [5.74, 6) is -3.82. The number of carboxylic acid groups (broad SMARTS) is 2. The van der Waals surface area contributed by atoms with E-state index in [9.17, 15) is 38.4 Å². The summed E-state index contributed by atoms with van der Waals surface area (Å²) in [5, 5.41) is 41.2. The number of hydrogen-bond acceptors (Lipinski definition) is 16. The molecule has 0 aliphatic heterocycles. The minimum absolute atomic E-state index is 0.111. The summed E-state index contributed by atoms with van der Waals surface area (Å²) in [7, 11) is 0. The Bertz CT molecular complexity index is 4060. The van der Waals surface area contributed by atoms with Gasteiger partial charge in [-0.2, -0.15) is 0 Å². The van der Waals surface area contributed by atoms with E-state index in [1.54, 1.807) is 88.4 Å². The number of carbonyl (C=O) groups is 6. The first-order chi connectivity index (χ1) is 36.4. The Balaban J connectivity index is 0.000000186. The largest absolute Gasteiger partial charge is 0.478 e. The number of aryl methyl sites for hydroxylation is 2. The van der Waals surface area contributed by atoms with Gasteiger partial charge in [-0.1, -0.05) is 36.4 Å². The summed E-state index contributed by atoms with van der Waals surface area (Å²) in [6.07, 6.45) is 0. The normalized spacial score (nSPS) is 11.9. The number of H-pyrrole nitrogens is 2. The van der Waals surface area contributed by atoms with Crippen LogP contribution in [0.4, 0.5) is 0 Å². The Labute approximate surface area is 425 Å². The van der Waals surface area contributed by atoms with Gasteiger partial charge in [0.25, 0.3) is 35.2 Å². The van der Waals surface area contributed by atoms with Crippen LogP contribution in [0.5, 0.6) is 0 Å². The van der Waals surface area contributed by atoms with Crippen molar-refractivity contribution in [3.63, 3.8) is 0 Å². The highest BCUT2D eigenvalue weighted by molar-refractivity contribution is 5.99. The Morgan fingerprint density at radius 2 is 0.947 bits per heavy atom. The van der Waals surface area contributed by atoms with Gasteiger partial charge < -0.3 is 40.3 Å². The van der Waals surface area contributed by atoms with Gasteiger partial charge in [-0.05, 0) is 96.8 Å². The minimum atomic E-state index is -1.06. The fourth-order valence-corrected chi connectivity index (χ4v) is 7.88. The summed E-state index contributed by atoms with van der Waals surface area (Å²) in [6.45, 7) is 7.18. The SMILES string of the molecule is Cc1nc2cc(CNC(=O)c3cc(C(=O)N[C@@H](C)c4ccc(C(=O)O)cc4)n4c(=O)[nH]nc4n3)ccc2o1.Cc1nc2cc(CNC(=O)c3cc(C(=O)N[C@@H](C)c4ccc(C(=O)O)cc4)nc4n[nH]c(=O)n34)ccc2o1. The number of hydrogen-bond donors (Lipinski definition) is 8. The average Bonchev–Trinajstić information content (AvgIpc) is 4.19. The average molecular weight is 1030 g/mol. The van der Waals surface area contributed by atoms with Crippen molar-refractivity contribution >= 4 is 69.3 Å². The van der Waals surface area contributed by atoms with Crippen molar-refractivity contribution in [2.75, 3.05) is 0 Å². The highest BCUT2D eigenvalue weighted by Gasteiger charge is 2.24. The van der Waals surface area contributed by atoms with E-state index in [-0.39, 0.29) is 58.5 Å². The van der Waals surface area contributed by atoms with E-state index >= 15 is 0 Å². The standard InChI is InChI=1S/2C25H21N7O6/c1-12(15-4-6-16(7-5-15)23(35)36)27-21(33)18-10-19(32-24(29-18)30-31-25(32)37)22(34)26-11-14-3-8-20-17(9-14)28-13(2)38-20;1-12(15-4-6-16(7-5-15)23(35)36)27-22(34)19-10-18(29-24-30-31-25(37)32(19)24)21(33)26-11-14-3-8-20-17(9-14)28-13(2)38-20/h3-10,12H,11H2,1-2H3,(H,26,34)(H,27,33)(H,31,37)(H,35,36);3-10,12H,11H2,1-2H3,(H,26,33)(H,27,34)(H,31,37)(H,35,36)/t2*12-/m00/s1. The number of oxazole rings is 2. The van der Waals surface area contributed by atoms with Crippen LogP contribution in [-0.2, 0) is 13.1 Å². The van der Waals surface area contributed by atoms with Crippen molar-refractivity contribution in [1.29, 1.82) is 0 Å². The maximum Gasteiger partial charge on any atom is 0.349 e. The van der Waals surface area contributed by atoms with E-state index in [0.717, 1.165) is 19.9 Å². The molecule has 384 valence electrons. The molecule has 10 aromatic rings. The first-order valence-corrected chi connectivity index (χ1v) is 22.9. The van der Waals surface area contributed by atoms with Crippen LogP contribution >= 0.6 is 0 Å². The summed E-state index contributed by atoms with van der Waals surface area (Å²) in [5.41, 5.74) is 3.75. The highest BCUT2D eigenvalue weighted by atomic mass is 16.4. The molecule has 0 bridgehead atoms. The fraction of sp³-hybridized carbons (Fsp3) is 0.160. The molecule has 2 atom stereocenters. The molecule has 4 aromatic carbocycles. The summed E-state index contributed by atoms with van der Waals surface area (Å²) in [6, 6.07) is 24.1. The second-order valence-corrected chi connectivity index (χ2v) is 17.1. The number of benzene rings is 4. The van der Waals surface area contributed by atoms with Crippen molar-refractivity contribution in [2.45, 2.75) is 52.9 Å². The van der Waals surface area contributed by atoms with Crippen LogP contribution in [0.1, 0.15) is 123 Å². The highest BCUT2D eigenvalue weighted by Crippen LogP contribution is 2.20. The molecule has 0 saturated heterocycles. The van der Waals surface area contributed by atoms with Gasteiger partial charge in [-0.3, -0.25) is 19.2 Å². The Kier molecular flexibility index (Phi) is 13.8. The lowest BCUT2D eigenvalue weighted by Crippen LogP contribution is -2.32. The van der Waals surface area contributed by atoms with Gasteiger partial charge in [-0.15, -0.1) is 10.2 Å². The lowest BCUT2D eigenvalue weighted by Gasteiger charge is -2.15. The van der Waals surface area contributed by atoms with E-state index in [1.165, 1.54) is 36.4 Å². The van der Waals surface area contributed by atoms with Gasteiger partial charge >= 0.3 is 23.3 Å². The number of aromatic nitrogens is 10. The van der Waals surface area contributed by atoms with E-state index < -0.39 is 59.0 Å². The quantitative estimate of drug-likeness (QED) is 0.0763. The number of carboxylic acids is 2. The lowest BCUT2D eigenvalue weighted by molar-refractivity contribution is 0.0686. The Hall–Kier alpha value is -10.7. The zero-order valence-electron chi connectivity index (χ0n) is 40.4. The molecule has 26 nitrogen and oxygen atoms in total. The van der Waals surface area contributed by atoms with Crippen LogP contribution in [0, 0.1) is 13.8 Å². The van der Waals surface area contributed by atoms with Crippen molar-refractivity contribution in [3.05, 3.63) is 186 Å². The van der Waals surface area contributed by atoms with Crippen LogP contribution in [0.3, 0.4) is 0 Å². The second-order valence-electron chi connectivity index (χ2n) is 17.1. The van der Waals surface area contributed by atoms with Gasteiger partial charge in [0, 0.05) is 26.9 Å². The molecule has 0 saturated carbocycles. The van der Waals surface area contributed by atoms with Gasteiger partial charge in [-0.25, -0.2) is 58.1 Å². The number of rotatable bonds is 14. The molecule has 0 radical (unpaired) electrons. The molecule has 0 aliphatic carbocycles. The van der Waals surface area contributed by atoms with Gasteiger partial charge in [0.2, 0.25) is 0 Å². The molecule has 8 N–H and O–H groups in total. The third-order valence-electron chi connectivity index (χ3n) is 11.7. The first-order valence-electron chi connectivity index (χ1n) is 22.9. The lowest BCUT2D eigenvalue weighted by atomic mass is 10.1. The fourth-order valence-electron chi connectivity index (χ4n) is 7.88. The zero-order valence-corrected chi connectivity index (χ0v) is 40.4. The molecule has 26 heteroatoms. The maximum absolute atomic E-state index is 13.2. The molecular weight excluding hydrogens is 989 g/mol. The van der Waals surface area contributed by atoms with Crippen molar-refractivity contribution in [1.82, 2.24) is 70.4 Å². The number of aromatic amines is 2. The number of amides is 4. The molecule has 76 heavy (non-hydrogen) atoms. The predicted octanol–water partition coefficient (Wildman–Crippen LogP) is 3.97. The monoisotopic (exact) mass is 1030 g/mol. The van der Waals surface area contributed by atoms with Gasteiger partial charge in [0.05, 0.1) is 23.2 Å². The smallest absolute Gasteiger partial charge is 0.349 e. The summed E-state index contributed by atoms with van der Waals surface area (Å²) >= 11 is 0. The Morgan fingerprint density at radius 1 is 0.539 bits per heavy atom. The molecule has 4 amide bonds. The van der Waals surface area contributed by atoms with Crippen molar-refractivity contribution in [3.8, 4) is 0 Å². The van der Waals surface area contributed by atoms with E-state index in [0.29, 0.717) is 45.1 Å². The van der Waals surface area contributed by atoms with Gasteiger partial charge in [0.15, 0.2) is 22.9 Å². The van der Waals surface area contributed by atoms with Crippen LogP contribution in [0.15, 0.2) is 115 Å². The number of nitrogens with one attached hydrogen (secondary N) is 6. The molecule has 6 aromatic heterocycles. The van der Waals surface area contributed by atoms with E-state index in [2.05, 4.69) is 61.6 Å². The van der Waals surface area contributed by atoms with Crippen LogP contribution in [-0.4, -0.2) is 94.9 Å². The van der Waals surface area contributed by atoms with Crippen LogP contribution in [0.2, 0.25) is 0 Å². The molecule has 6 heterocycles. The second kappa shape index (κ2) is 20.8. The molecular formula is C50H42N14O12. The molecule has 0 fully saturated rings. The molecule has 0 spiro atoms. The minimum Gasteiger partial charge on any atom is -0.478 e. The van der Waals surface area contributed by atoms with E-state index in [4.69, 9.17) is 19.0 Å². The topological polar surface area (TPSA) is 369 Å². The number of carbonyl (C=O) groups excluding carboxylic acids is 4. The summed E-state index contributed by atoms with van der Waals surface area (Å²) < 4.78 is 12.9. The van der Waals surface area contributed by atoms with Crippen LogP contribution < -0.4 is 32.6 Å². The molecule has 0 aliphatic rings. The first kappa shape index (κ1) is 50.3. The number of aromatic carboxylic acids is 2. The number of nitrogens with zero attached hydrogens (tertiary/aromatic N) is 8. The molecule has 0 unspecified atom stereocenters. The van der Waals surface area contributed by atoms with Crippen molar-refractivity contribution in [2.24, 2.45) is 0 Å². The predicted molar refractivity (Wildman–Crippen MR) is 266 cm³/mol. The van der Waals surface area contributed by atoms with Crippen LogP contribution in [0.25, 0.3) is 33.8 Å². The van der Waals surface area contributed by atoms with E-state index in [1.807, 2.05) is 0 Å². The Morgan fingerprint density at radius 3 is 1.39 bits per heavy atom. The number of fused-ring (bicyclic) bond motifs is 4. The van der Waals surface area contributed by atoms with Crippen molar-refractivity contribution < 1.29 is 47.8 Å². The third-order valence-corrected chi connectivity index (χ3v) is 11.7. The summed E-state index contributed by atoms with van der Waals surface area (Å²) in [4.78, 5) is 116. The molecule has 10 rings (SSSR count). The zero-order chi connectivity index (χ0) is 53.9. The maximum atomic E-state index is 13.2.